The van der Waals surface area contributed by atoms with Crippen molar-refractivity contribution in [3.63, 3.8) is 0 Å². The number of rotatable bonds is 9. The summed E-state index contributed by atoms with van der Waals surface area (Å²) in [5.41, 5.74) is 2.83. The summed E-state index contributed by atoms with van der Waals surface area (Å²) in [7, 11) is 0. The Morgan fingerprint density at radius 2 is 1.54 bits per heavy atom. The molecule has 2 N–H and O–H groups in total. The van der Waals surface area contributed by atoms with Crippen LogP contribution in [0.2, 0.25) is 10.0 Å². The number of ketones is 1. The van der Waals surface area contributed by atoms with Crippen molar-refractivity contribution in [3.8, 4) is 0 Å². The van der Waals surface area contributed by atoms with Gasteiger partial charge in [0.25, 0.3) is 5.91 Å². The third-order valence-electron chi connectivity index (χ3n) is 5.64. The van der Waals surface area contributed by atoms with Crippen molar-refractivity contribution in [3.05, 3.63) is 99.6 Å². The molecule has 35 heavy (non-hydrogen) atoms. The van der Waals surface area contributed by atoms with Crippen molar-refractivity contribution >= 4 is 62.9 Å². The minimum atomic E-state index is -0.113. The number of nitrogens with one attached hydrogen (secondary N) is 2. The largest absolute Gasteiger partial charge is 0.352 e. The number of imidazole rings is 1. The molecule has 1 aromatic heterocycles. The van der Waals surface area contributed by atoms with Gasteiger partial charge >= 0.3 is 0 Å². The van der Waals surface area contributed by atoms with Gasteiger partial charge in [0.05, 0.1) is 22.6 Å². The Bertz CT molecular complexity index is 1380. The molecule has 4 rings (SSSR count). The molecule has 0 saturated carbocycles. The average Bonchev–Trinajstić information content (AvgIpc) is 3.11. The maximum absolute atomic E-state index is 12.9. The fraction of sp³-hybridized carbons (Fsp3) is 0.192. The zero-order chi connectivity index (χ0) is 24.1. The van der Waals surface area contributed by atoms with Gasteiger partial charge in [-0.1, -0.05) is 47.5 Å². The highest BCUT2D eigenvalue weighted by molar-refractivity contribution is 8.93. The molecule has 0 aliphatic rings. The van der Waals surface area contributed by atoms with E-state index in [1.807, 2.05) is 34.9 Å². The molecule has 4 aromatic rings. The molecule has 1 amide bonds. The number of hydrogen-bond donors (Lipinski definition) is 2. The minimum absolute atomic E-state index is 0. The summed E-state index contributed by atoms with van der Waals surface area (Å²) in [6, 6.07) is 21.3. The zero-order valence-corrected chi connectivity index (χ0v) is 22.1. The second-order valence-electron chi connectivity index (χ2n) is 7.93. The van der Waals surface area contributed by atoms with E-state index in [0.717, 1.165) is 23.9 Å². The molecule has 0 atom stereocenters. The van der Waals surface area contributed by atoms with Gasteiger partial charge in [-0.3, -0.25) is 15.0 Å². The lowest BCUT2D eigenvalue weighted by molar-refractivity contribution is 0.0950. The van der Waals surface area contributed by atoms with E-state index >= 15 is 0 Å². The molecule has 0 bridgehead atoms. The van der Waals surface area contributed by atoms with Gasteiger partial charge in [0.15, 0.2) is 5.78 Å². The summed E-state index contributed by atoms with van der Waals surface area (Å²) in [4.78, 5) is 25.1. The number of aromatic nitrogens is 2. The van der Waals surface area contributed by atoms with Crippen LogP contribution in [0, 0.1) is 5.41 Å². The Morgan fingerprint density at radius 3 is 2.26 bits per heavy atom. The van der Waals surface area contributed by atoms with Crippen LogP contribution in [0.15, 0.2) is 72.8 Å². The highest BCUT2D eigenvalue weighted by Gasteiger charge is 2.16. The van der Waals surface area contributed by atoms with Crippen molar-refractivity contribution in [1.82, 2.24) is 14.5 Å². The number of para-hydroxylation sites is 1. The summed E-state index contributed by atoms with van der Waals surface area (Å²) >= 11 is 12.4. The van der Waals surface area contributed by atoms with Gasteiger partial charge in [-0.2, -0.15) is 0 Å². The van der Waals surface area contributed by atoms with Crippen LogP contribution in [-0.4, -0.2) is 27.4 Å². The minimum Gasteiger partial charge on any atom is -0.352 e. The van der Waals surface area contributed by atoms with E-state index in [1.54, 1.807) is 47.0 Å². The smallest absolute Gasteiger partial charge is 0.251 e. The van der Waals surface area contributed by atoms with E-state index < -0.39 is 0 Å². The van der Waals surface area contributed by atoms with Crippen molar-refractivity contribution in [1.29, 1.82) is 5.41 Å². The normalized spacial score (nSPS) is 10.7. The summed E-state index contributed by atoms with van der Waals surface area (Å²) < 4.78 is 3.50. The van der Waals surface area contributed by atoms with Crippen LogP contribution in [-0.2, 0) is 13.1 Å². The van der Waals surface area contributed by atoms with Gasteiger partial charge in [-0.15, -0.1) is 17.0 Å². The number of benzene rings is 3. The number of hydrogen-bond acceptors (Lipinski definition) is 3. The number of carbonyl (C=O) groups excluding carboxylic acids is 2. The monoisotopic (exact) mass is 574 g/mol. The number of carbonyl (C=O) groups is 2. The Hall–Kier alpha value is -2.87. The SMILES string of the molecule is Br.N=c1n(CC(=O)c2ccc(Cl)cc2)c2cccc(Cl)c2n1CCCCNC(=O)c1ccccc1. The second kappa shape index (κ2) is 12.2. The molecule has 3 aromatic carbocycles. The number of halogens is 3. The zero-order valence-electron chi connectivity index (χ0n) is 18.8. The van der Waals surface area contributed by atoms with Crippen molar-refractivity contribution in [2.24, 2.45) is 0 Å². The quantitative estimate of drug-likeness (QED) is 0.192. The number of Topliss-reactive ketones (excluding diaryl/α,β-unsaturated/α-hetero) is 1. The average molecular weight is 576 g/mol. The first-order valence-electron chi connectivity index (χ1n) is 11.0. The summed E-state index contributed by atoms with van der Waals surface area (Å²) in [5, 5.41) is 12.8. The van der Waals surface area contributed by atoms with Gasteiger partial charge in [0, 0.05) is 29.2 Å². The molecule has 6 nitrogen and oxygen atoms in total. The van der Waals surface area contributed by atoms with E-state index in [-0.39, 0.29) is 40.8 Å². The second-order valence-corrected chi connectivity index (χ2v) is 8.77. The first-order valence-corrected chi connectivity index (χ1v) is 11.8. The fourth-order valence-electron chi connectivity index (χ4n) is 3.89. The van der Waals surface area contributed by atoms with Crippen LogP contribution in [0.3, 0.4) is 0 Å². The molecular weight excluding hydrogens is 551 g/mol. The fourth-order valence-corrected chi connectivity index (χ4v) is 4.29. The van der Waals surface area contributed by atoms with Gasteiger partial charge in [-0.05, 0) is 61.4 Å². The standard InChI is InChI=1S/C26H24Cl2N4O2.BrH/c27-20-13-11-18(12-14-20)23(33)17-32-22-10-6-9-21(28)24(22)31(26(32)29)16-5-4-15-30-25(34)19-7-2-1-3-8-19;/h1-3,6-14,29H,4-5,15-17H2,(H,30,34);1H. The predicted molar refractivity (Wildman–Crippen MR) is 145 cm³/mol. The Morgan fingerprint density at radius 1 is 0.829 bits per heavy atom. The lowest BCUT2D eigenvalue weighted by atomic mass is 10.1. The highest BCUT2D eigenvalue weighted by Crippen LogP contribution is 2.23. The molecular formula is C26H25BrCl2N4O2. The van der Waals surface area contributed by atoms with Crippen LogP contribution in [0.4, 0.5) is 0 Å². The number of aryl methyl sites for hydroxylation is 1. The van der Waals surface area contributed by atoms with Gasteiger partial charge in [0.1, 0.15) is 0 Å². The van der Waals surface area contributed by atoms with Crippen molar-refractivity contribution in [2.45, 2.75) is 25.9 Å². The van der Waals surface area contributed by atoms with Crippen molar-refractivity contribution in [2.75, 3.05) is 6.54 Å². The Balaban J connectivity index is 0.00000342. The van der Waals surface area contributed by atoms with Gasteiger partial charge < -0.3 is 14.5 Å². The van der Waals surface area contributed by atoms with Crippen LogP contribution in [0.1, 0.15) is 33.6 Å². The third-order valence-corrected chi connectivity index (χ3v) is 6.19. The summed E-state index contributed by atoms with van der Waals surface area (Å²) in [5.74, 6) is -0.215. The molecule has 0 aliphatic carbocycles. The summed E-state index contributed by atoms with van der Waals surface area (Å²) in [6.07, 6.45) is 1.48. The molecule has 0 radical (unpaired) electrons. The van der Waals surface area contributed by atoms with E-state index in [9.17, 15) is 9.59 Å². The van der Waals surface area contributed by atoms with E-state index in [1.165, 1.54) is 0 Å². The summed E-state index contributed by atoms with van der Waals surface area (Å²) in [6.45, 7) is 1.10. The molecule has 0 saturated heterocycles. The van der Waals surface area contributed by atoms with Crippen LogP contribution in [0.5, 0.6) is 0 Å². The Kier molecular flexibility index (Phi) is 9.32. The van der Waals surface area contributed by atoms with Gasteiger partial charge in [-0.25, -0.2) is 0 Å². The van der Waals surface area contributed by atoms with Crippen LogP contribution < -0.4 is 10.9 Å². The predicted octanol–water partition coefficient (Wildman–Crippen LogP) is 5.90. The first-order chi connectivity index (χ1) is 16.5. The highest BCUT2D eigenvalue weighted by atomic mass is 79.9. The van der Waals surface area contributed by atoms with Crippen LogP contribution in [0.25, 0.3) is 11.0 Å². The number of fused-ring (bicyclic) bond motifs is 1. The molecule has 0 spiro atoms. The van der Waals surface area contributed by atoms with E-state index in [4.69, 9.17) is 28.6 Å². The number of amides is 1. The molecule has 0 fully saturated rings. The third kappa shape index (κ3) is 6.23. The van der Waals surface area contributed by atoms with E-state index in [2.05, 4.69) is 5.32 Å². The number of unbranched alkanes of at least 4 members (excludes halogenated alkanes) is 1. The molecule has 9 heteroatoms. The number of nitrogens with zero attached hydrogens (tertiary/aromatic N) is 2. The van der Waals surface area contributed by atoms with Crippen molar-refractivity contribution < 1.29 is 9.59 Å². The lowest BCUT2D eigenvalue weighted by Crippen LogP contribution is -2.28. The van der Waals surface area contributed by atoms with E-state index in [0.29, 0.717) is 34.3 Å². The van der Waals surface area contributed by atoms with Gasteiger partial charge in [0.2, 0.25) is 5.62 Å². The lowest BCUT2D eigenvalue weighted by Gasteiger charge is -2.07. The molecule has 0 unspecified atom stereocenters. The molecule has 182 valence electrons. The first kappa shape index (κ1) is 26.7. The molecule has 0 aliphatic heterocycles. The maximum Gasteiger partial charge on any atom is 0.251 e. The molecule has 1 heterocycles. The van der Waals surface area contributed by atoms with Crippen LogP contribution >= 0.6 is 40.2 Å². The maximum atomic E-state index is 12.9. The Labute approximate surface area is 223 Å². The topological polar surface area (TPSA) is 79.9 Å².